The van der Waals surface area contributed by atoms with Crippen molar-refractivity contribution >= 4 is 5.91 Å². The SMILES string of the molecule is Cn1nccc1CNC(=O)C1CC2CCCCC2N1. The first-order chi connectivity index (χ1) is 9.24. The molecule has 1 amide bonds. The first-order valence-electron chi connectivity index (χ1n) is 7.24. The van der Waals surface area contributed by atoms with E-state index in [4.69, 9.17) is 0 Å². The molecule has 104 valence electrons. The van der Waals surface area contributed by atoms with Crippen LogP contribution in [0.4, 0.5) is 0 Å². The molecule has 2 N–H and O–H groups in total. The molecule has 3 atom stereocenters. The Labute approximate surface area is 113 Å². The van der Waals surface area contributed by atoms with Crippen LogP contribution in [0.25, 0.3) is 0 Å². The van der Waals surface area contributed by atoms with E-state index in [9.17, 15) is 4.79 Å². The third-order valence-corrected chi connectivity index (χ3v) is 4.55. The Kier molecular flexibility index (Phi) is 3.55. The number of rotatable bonds is 3. The Morgan fingerprint density at radius 2 is 2.37 bits per heavy atom. The highest BCUT2D eigenvalue weighted by atomic mass is 16.2. The molecule has 1 aliphatic heterocycles. The molecule has 5 heteroatoms. The van der Waals surface area contributed by atoms with Gasteiger partial charge in [-0.05, 0) is 31.2 Å². The molecule has 2 fully saturated rings. The van der Waals surface area contributed by atoms with Gasteiger partial charge in [-0.3, -0.25) is 9.48 Å². The average molecular weight is 262 g/mol. The van der Waals surface area contributed by atoms with E-state index in [-0.39, 0.29) is 11.9 Å². The number of carbonyl (C=O) groups excluding carboxylic acids is 1. The van der Waals surface area contributed by atoms with Crippen LogP contribution in [0, 0.1) is 5.92 Å². The molecule has 0 radical (unpaired) electrons. The van der Waals surface area contributed by atoms with Gasteiger partial charge in [0, 0.05) is 19.3 Å². The summed E-state index contributed by atoms with van der Waals surface area (Å²) in [7, 11) is 1.89. The molecule has 1 aromatic heterocycles. The molecule has 1 aromatic rings. The van der Waals surface area contributed by atoms with E-state index in [1.165, 1.54) is 25.7 Å². The number of fused-ring (bicyclic) bond motifs is 1. The largest absolute Gasteiger partial charge is 0.349 e. The van der Waals surface area contributed by atoms with Crippen molar-refractivity contribution in [3.05, 3.63) is 18.0 Å². The Bertz CT molecular complexity index is 442. The zero-order chi connectivity index (χ0) is 13.2. The summed E-state index contributed by atoms with van der Waals surface area (Å²) in [5.74, 6) is 0.844. The number of nitrogens with one attached hydrogen (secondary N) is 2. The van der Waals surface area contributed by atoms with Crippen LogP contribution < -0.4 is 10.6 Å². The molecule has 0 bridgehead atoms. The zero-order valence-corrected chi connectivity index (χ0v) is 11.4. The van der Waals surface area contributed by atoms with E-state index in [1.807, 2.05) is 13.1 Å². The third-order valence-electron chi connectivity index (χ3n) is 4.55. The fourth-order valence-corrected chi connectivity index (χ4v) is 3.40. The minimum Gasteiger partial charge on any atom is -0.349 e. The summed E-state index contributed by atoms with van der Waals surface area (Å²) in [5.41, 5.74) is 1.03. The molecule has 19 heavy (non-hydrogen) atoms. The standard InChI is InChI=1S/C14H22N4O/c1-18-11(6-7-16-18)9-15-14(19)13-8-10-4-2-3-5-12(10)17-13/h6-7,10,12-13,17H,2-5,8-9H2,1H3,(H,15,19). The van der Waals surface area contributed by atoms with Gasteiger partial charge in [-0.15, -0.1) is 0 Å². The van der Waals surface area contributed by atoms with Gasteiger partial charge in [-0.1, -0.05) is 12.8 Å². The summed E-state index contributed by atoms with van der Waals surface area (Å²) in [6, 6.07) is 2.50. The van der Waals surface area contributed by atoms with E-state index in [2.05, 4.69) is 15.7 Å². The van der Waals surface area contributed by atoms with Crippen LogP contribution in [0.15, 0.2) is 12.3 Å². The minimum absolute atomic E-state index is 0.00123. The summed E-state index contributed by atoms with van der Waals surface area (Å²) in [5, 5.41) is 10.6. The molecule has 3 unspecified atom stereocenters. The Hall–Kier alpha value is -1.36. The summed E-state index contributed by atoms with van der Waals surface area (Å²) in [4.78, 5) is 12.2. The van der Waals surface area contributed by atoms with Gasteiger partial charge in [0.05, 0.1) is 18.3 Å². The number of nitrogens with zero attached hydrogens (tertiary/aromatic N) is 2. The van der Waals surface area contributed by atoms with Crippen LogP contribution in [-0.2, 0) is 18.4 Å². The second kappa shape index (κ2) is 5.33. The summed E-state index contributed by atoms with van der Waals surface area (Å²) in [6.45, 7) is 0.558. The van der Waals surface area contributed by atoms with Crippen LogP contribution in [-0.4, -0.2) is 27.8 Å². The van der Waals surface area contributed by atoms with Crippen LogP contribution in [0.5, 0.6) is 0 Å². The first kappa shape index (κ1) is 12.7. The van der Waals surface area contributed by atoms with Gasteiger partial charge in [0.2, 0.25) is 5.91 Å². The van der Waals surface area contributed by atoms with Gasteiger partial charge in [0.15, 0.2) is 0 Å². The molecule has 1 saturated heterocycles. The normalized spacial score (nSPS) is 30.1. The van der Waals surface area contributed by atoms with Crippen molar-refractivity contribution in [2.45, 2.75) is 50.7 Å². The van der Waals surface area contributed by atoms with Crippen molar-refractivity contribution in [3.8, 4) is 0 Å². The quantitative estimate of drug-likeness (QED) is 0.853. The molecular formula is C14H22N4O. The number of aromatic nitrogens is 2. The van der Waals surface area contributed by atoms with Crippen molar-refractivity contribution in [2.24, 2.45) is 13.0 Å². The van der Waals surface area contributed by atoms with Crippen molar-refractivity contribution in [1.82, 2.24) is 20.4 Å². The Morgan fingerprint density at radius 3 is 3.11 bits per heavy atom. The van der Waals surface area contributed by atoms with E-state index in [0.29, 0.717) is 18.5 Å². The second-order valence-electron chi connectivity index (χ2n) is 5.77. The van der Waals surface area contributed by atoms with Crippen molar-refractivity contribution < 1.29 is 4.79 Å². The molecule has 1 saturated carbocycles. The van der Waals surface area contributed by atoms with Gasteiger partial charge in [0.25, 0.3) is 0 Å². The lowest BCUT2D eigenvalue weighted by Gasteiger charge is -2.24. The Morgan fingerprint density at radius 1 is 1.53 bits per heavy atom. The van der Waals surface area contributed by atoms with Crippen molar-refractivity contribution in [3.63, 3.8) is 0 Å². The van der Waals surface area contributed by atoms with Gasteiger partial charge in [0.1, 0.15) is 0 Å². The summed E-state index contributed by atoms with van der Waals surface area (Å²) >= 11 is 0. The fourth-order valence-electron chi connectivity index (χ4n) is 3.40. The number of amides is 1. The van der Waals surface area contributed by atoms with Crippen LogP contribution >= 0.6 is 0 Å². The highest BCUT2D eigenvalue weighted by Gasteiger charge is 2.37. The molecular weight excluding hydrogens is 240 g/mol. The molecule has 0 spiro atoms. The first-order valence-corrected chi connectivity index (χ1v) is 7.24. The Balaban J connectivity index is 1.52. The number of aryl methyl sites for hydroxylation is 1. The molecule has 5 nitrogen and oxygen atoms in total. The lowest BCUT2D eigenvalue weighted by Crippen LogP contribution is -2.43. The van der Waals surface area contributed by atoms with Crippen molar-refractivity contribution in [1.29, 1.82) is 0 Å². The van der Waals surface area contributed by atoms with Gasteiger partial charge >= 0.3 is 0 Å². The molecule has 1 aliphatic carbocycles. The summed E-state index contributed by atoms with van der Waals surface area (Å²) in [6.07, 6.45) is 7.90. The third kappa shape index (κ3) is 2.66. The zero-order valence-electron chi connectivity index (χ0n) is 11.4. The van der Waals surface area contributed by atoms with Crippen LogP contribution in [0.3, 0.4) is 0 Å². The molecule has 0 aromatic carbocycles. The average Bonchev–Trinajstić information content (AvgIpc) is 3.01. The fraction of sp³-hybridized carbons (Fsp3) is 0.714. The highest BCUT2D eigenvalue weighted by molar-refractivity contribution is 5.82. The van der Waals surface area contributed by atoms with Crippen LogP contribution in [0.2, 0.25) is 0 Å². The van der Waals surface area contributed by atoms with Gasteiger partial charge in [-0.25, -0.2) is 0 Å². The van der Waals surface area contributed by atoms with E-state index < -0.39 is 0 Å². The molecule has 2 heterocycles. The van der Waals surface area contributed by atoms with Crippen LogP contribution in [0.1, 0.15) is 37.8 Å². The smallest absolute Gasteiger partial charge is 0.237 e. The summed E-state index contributed by atoms with van der Waals surface area (Å²) < 4.78 is 1.79. The predicted octanol–water partition coefficient (Wildman–Crippen LogP) is 0.957. The lowest BCUT2D eigenvalue weighted by molar-refractivity contribution is -0.123. The number of carbonyl (C=O) groups is 1. The number of hydrogen-bond acceptors (Lipinski definition) is 3. The molecule has 3 rings (SSSR count). The maximum atomic E-state index is 12.2. The predicted molar refractivity (Wildman–Crippen MR) is 72.3 cm³/mol. The van der Waals surface area contributed by atoms with Gasteiger partial charge < -0.3 is 10.6 Å². The monoisotopic (exact) mass is 262 g/mol. The maximum Gasteiger partial charge on any atom is 0.237 e. The maximum absolute atomic E-state index is 12.2. The van der Waals surface area contributed by atoms with Crippen molar-refractivity contribution in [2.75, 3.05) is 0 Å². The van der Waals surface area contributed by atoms with E-state index in [0.717, 1.165) is 12.1 Å². The lowest BCUT2D eigenvalue weighted by atomic mass is 9.85. The highest BCUT2D eigenvalue weighted by Crippen LogP contribution is 2.33. The molecule has 2 aliphatic rings. The van der Waals surface area contributed by atoms with Gasteiger partial charge in [-0.2, -0.15) is 5.10 Å². The van der Waals surface area contributed by atoms with E-state index in [1.54, 1.807) is 10.9 Å². The van der Waals surface area contributed by atoms with E-state index >= 15 is 0 Å². The second-order valence-corrected chi connectivity index (χ2v) is 5.77. The topological polar surface area (TPSA) is 59.0 Å². The minimum atomic E-state index is 0.00123. The number of hydrogen-bond donors (Lipinski definition) is 2.